The van der Waals surface area contributed by atoms with Crippen LogP contribution < -0.4 is 0 Å². The summed E-state index contributed by atoms with van der Waals surface area (Å²) < 4.78 is 29.6. The average molecular weight is 333 g/mol. The van der Waals surface area contributed by atoms with Crippen molar-refractivity contribution in [2.75, 3.05) is 0 Å². The fourth-order valence-electron chi connectivity index (χ4n) is 0.109. The van der Waals surface area contributed by atoms with Crippen molar-refractivity contribution in [2.45, 2.75) is 0 Å². The SMILES string of the molecule is O.O.O.O.O.O.O.O=S(=O)(O)OB(O)O.[Zn]. The zero-order valence-corrected chi connectivity index (χ0v) is 11.5. The van der Waals surface area contributed by atoms with Crippen molar-refractivity contribution in [2.24, 2.45) is 0 Å². The Morgan fingerprint density at radius 2 is 1.00 bits per heavy atom. The zero-order valence-electron chi connectivity index (χ0n) is 7.76. The fourth-order valence-corrected chi connectivity index (χ4v) is 0.326. The molecule has 0 spiro atoms. The van der Waals surface area contributed by atoms with E-state index in [1.165, 1.54) is 0 Å². The first-order chi connectivity index (χ1) is 3.42. The fraction of sp³-hybridized carbons (Fsp3) is 0. The summed E-state index contributed by atoms with van der Waals surface area (Å²) in [4.78, 5) is 0. The Morgan fingerprint density at radius 1 is 0.812 bits per heavy atom. The minimum absolute atomic E-state index is 0. The smallest absolute Gasteiger partial charge is 0.412 e. The summed E-state index contributed by atoms with van der Waals surface area (Å²) in [5.74, 6) is 0. The molecule has 0 aliphatic rings. The molecule has 0 atom stereocenters. The average Bonchev–Trinajstić information content (AvgIpc) is 1.21. The molecule has 106 valence electrons. The Hall–Kier alpha value is 0.198. The molecule has 0 saturated carbocycles. The summed E-state index contributed by atoms with van der Waals surface area (Å²) in [6, 6.07) is 0. The summed E-state index contributed by atoms with van der Waals surface area (Å²) in [5, 5.41) is 15.4. The molecule has 17 N–H and O–H groups in total. The summed E-state index contributed by atoms with van der Waals surface area (Å²) in [6.07, 6.45) is 0. The van der Waals surface area contributed by atoms with Gasteiger partial charge in [0, 0.05) is 19.5 Å². The Morgan fingerprint density at radius 3 is 1.00 bits per heavy atom. The molecule has 0 rings (SSSR count). The summed E-state index contributed by atoms with van der Waals surface area (Å²) in [5.41, 5.74) is 0. The molecule has 0 radical (unpaired) electrons. The van der Waals surface area contributed by atoms with Gasteiger partial charge in [-0.05, 0) is 0 Å². The van der Waals surface area contributed by atoms with Crippen LogP contribution in [0.2, 0.25) is 0 Å². The molecule has 0 heterocycles. The first-order valence-corrected chi connectivity index (χ1v) is 2.80. The van der Waals surface area contributed by atoms with E-state index in [2.05, 4.69) is 4.10 Å². The molecule has 0 unspecified atom stereocenters. The van der Waals surface area contributed by atoms with Crippen molar-refractivity contribution in [1.29, 1.82) is 0 Å². The third-order valence-corrected chi connectivity index (χ3v) is 0.623. The van der Waals surface area contributed by atoms with Gasteiger partial charge < -0.3 is 48.4 Å². The van der Waals surface area contributed by atoms with Crippen LogP contribution in [0.3, 0.4) is 0 Å². The second kappa shape index (κ2) is 29.5. The van der Waals surface area contributed by atoms with Crippen LogP contribution >= 0.6 is 0 Å². The van der Waals surface area contributed by atoms with Crippen LogP contribution in [0.25, 0.3) is 0 Å². The predicted octanol–water partition coefficient (Wildman–Crippen LogP) is -8.00. The molecule has 0 aromatic rings. The standard InChI is InChI=1S/BH3O6S.7H2O.Zn/c2-1(3)7-8(4,5)6;;;;;;;;/h2-3H,(H,4,5,6);7*1H2;. The third-order valence-electron chi connectivity index (χ3n) is 0.208. The van der Waals surface area contributed by atoms with Crippen molar-refractivity contribution >= 4 is 17.7 Å². The Labute approximate surface area is 103 Å². The van der Waals surface area contributed by atoms with Crippen LogP contribution in [-0.4, -0.2) is 68.7 Å². The predicted molar refractivity (Wildman–Crippen MR) is 48.1 cm³/mol. The molecule has 0 saturated heterocycles. The monoisotopic (exact) mass is 332 g/mol. The Balaban J connectivity index is -0.00000000875. The topological polar surface area (TPSA) is 325 Å². The summed E-state index contributed by atoms with van der Waals surface area (Å²) >= 11 is 0. The second-order valence-electron chi connectivity index (χ2n) is 0.850. The molecule has 0 aromatic heterocycles. The quantitative estimate of drug-likeness (QED) is 0.324. The molecule has 0 bridgehead atoms. The van der Waals surface area contributed by atoms with Crippen molar-refractivity contribution < 1.29 is 84.9 Å². The van der Waals surface area contributed by atoms with Gasteiger partial charge in [0.25, 0.3) is 0 Å². The van der Waals surface area contributed by atoms with E-state index in [1.54, 1.807) is 0 Å². The molecule has 13 nitrogen and oxygen atoms in total. The normalized spacial score (nSPS) is 5.69. The number of hydrogen-bond acceptors (Lipinski definition) is 5. The van der Waals surface area contributed by atoms with Gasteiger partial charge >= 0.3 is 17.7 Å². The van der Waals surface area contributed by atoms with Gasteiger partial charge in [-0.15, -0.1) is 0 Å². The molecule has 0 aliphatic carbocycles. The van der Waals surface area contributed by atoms with Gasteiger partial charge in [-0.3, -0.25) is 4.55 Å². The van der Waals surface area contributed by atoms with Crippen LogP contribution in [-0.2, 0) is 34.0 Å². The summed E-state index contributed by atoms with van der Waals surface area (Å²) in [7, 11) is -7.22. The molecule has 16 heteroatoms. The first-order valence-electron chi connectivity index (χ1n) is 1.43. The van der Waals surface area contributed by atoms with E-state index in [0.717, 1.165) is 0 Å². The van der Waals surface area contributed by atoms with Gasteiger partial charge in [0.15, 0.2) is 0 Å². The van der Waals surface area contributed by atoms with Crippen LogP contribution in [0.15, 0.2) is 0 Å². The van der Waals surface area contributed by atoms with Gasteiger partial charge in [0.2, 0.25) is 0 Å². The maximum Gasteiger partial charge on any atom is 0.650 e. The van der Waals surface area contributed by atoms with Gasteiger partial charge in [-0.25, -0.2) is 4.10 Å². The van der Waals surface area contributed by atoms with Crippen molar-refractivity contribution in [3.05, 3.63) is 0 Å². The van der Waals surface area contributed by atoms with Crippen molar-refractivity contribution in [1.82, 2.24) is 0 Å². The molecule has 0 aromatic carbocycles. The molecular weight excluding hydrogens is 316 g/mol. The van der Waals surface area contributed by atoms with Crippen LogP contribution in [0.1, 0.15) is 0 Å². The molecule has 0 fully saturated rings. The largest absolute Gasteiger partial charge is 0.650 e. The maximum atomic E-state index is 9.46. The van der Waals surface area contributed by atoms with E-state index >= 15 is 0 Å². The van der Waals surface area contributed by atoms with Gasteiger partial charge in [-0.1, -0.05) is 0 Å². The van der Waals surface area contributed by atoms with E-state index in [-0.39, 0.29) is 57.8 Å². The number of hydrogen-bond donors (Lipinski definition) is 3. The van der Waals surface area contributed by atoms with E-state index in [9.17, 15) is 8.42 Å². The van der Waals surface area contributed by atoms with E-state index in [4.69, 9.17) is 14.6 Å². The Bertz CT molecular complexity index is 149. The van der Waals surface area contributed by atoms with Crippen molar-refractivity contribution in [3.63, 3.8) is 0 Å². The van der Waals surface area contributed by atoms with Gasteiger partial charge in [0.05, 0.1) is 0 Å². The van der Waals surface area contributed by atoms with Crippen LogP contribution in [0.5, 0.6) is 0 Å². The van der Waals surface area contributed by atoms with E-state index < -0.39 is 17.7 Å². The molecule has 0 aliphatic heterocycles. The van der Waals surface area contributed by atoms with Crippen molar-refractivity contribution in [3.8, 4) is 0 Å². The Kier molecular flexibility index (Phi) is 133. The first kappa shape index (κ1) is 72.2. The zero-order chi connectivity index (χ0) is 6.78. The van der Waals surface area contributed by atoms with Gasteiger partial charge in [0.1, 0.15) is 0 Å². The summed E-state index contributed by atoms with van der Waals surface area (Å²) in [6.45, 7) is 0. The minimum Gasteiger partial charge on any atom is -0.412 e. The van der Waals surface area contributed by atoms with E-state index in [1.807, 2.05) is 0 Å². The minimum atomic E-state index is -4.72. The molecular formula is H17BO13SZn. The molecule has 16 heavy (non-hydrogen) atoms. The number of rotatable bonds is 2. The van der Waals surface area contributed by atoms with E-state index in [0.29, 0.717) is 0 Å². The molecule has 0 amide bonds. The van der Waals surface area contributed by atoms with Crippen LogP contribution in [0, 0.1) is 0 Å². The van der Waals surface area contributed by atoms with Gasteiger partial charge in [-0.2, -0.15) is 8.42 Å². The third kappa shape index (κ3) is 91.5. The maximum absolute atomic E-state index is 9.46. The van der Waals surface area contributed by atoms with Crippen LogP contribution in [0.4, 0.5) is 0 Å². The second-order valence-corrected chi connectivity index (χ2v) is 1.90.